The largest absolute Gasteiger partial charge is 0.416 e. The fourth-order valence-electron chi connectivity index (χ4n) is 2.42. The Kier molecular flexibility index (Phi) is 4.39. The van der Waals surface area contributed by atoms with Crippen molar-refractivity contribution in [2.24, 2.45) is 0 Å². The minimum Gasteiger partial charge on any atom is -0.313 e. The Balaban J connectivity index is 2.16. The fraction of sp³-hybridized carbons (Fsp3) is 0.538. The van der Waals surface area contributed by atoms with Gasteiger partial charge in [0.25, 0.3) is 0 Å². The highest BCUT2D eigenvalue weighted by Gasteiger charge is 2.34. The summed E-state index contributed by atoms with van der Waals surface area (Å²) in [5, 5.41) is 3.04. The maximum Gasteiger partial charge on any atom is 0.416 e. The van der Waals surface area contributed by atoms with Gasteiger partial charge in [0.15, 0.2) is 9.84 Å². The summed E-state index contributed by atoms with van der Waals surface area (Å²) in [6, 6.07) is 4.69. The van der Waals surface area contributed by atoms with E-state index in [4.69, 9.17) is 0 Å². The van der Waals surface area contributed by atoms with E-state index < -0.39 is 27.3 Å². The minimum absolute atomic E-state index is 0.112. The highest BCUT2D eigenvalue weighted by Crippen LogP contribution is 2.32. The summed E-state index contributed by atoms with van der Waals surface area (Å²) in [5.41, 5.74) is -1.05. The van der Waals surface area contributed by atoms with Crippen molar-refractivity contribution < 1.29 is 21.6 Å². The molecule has 1 N–H and O–H groups in total. The molecule has 0 aliphatic carbocycles. The minimum atomic E-state index is -4.53. The van der Waals surface area contributed by atoms with Gasteiger partial charge in [0, 0.05) is 6.04 Å². The Morgan fingerprint density at radius 1 is 1.25 bits per heavy atom. The maximum absolute atomic E-state index is 12.8. The normalized spacial score (nSPS) is 20.2. The lowest BCUT2D eigenvalue weighted by molar-refractivity contribution is -0.138. The zero-order valence-corrected chi connectivity index (χ0v) is 11.6. The second-order valence-corrected chi connectivity index (χ2v) is 7.11. The molecule has 1 aromatic carbocycles. The van der Waals surface area contributed by atoms with Crippen molar-refractivity contribution in [2.75, 3.05) is 12.3 Å². The molecule has 20 heavy (non-hydrogen) atoms. The van der Waals surface area contributed by atoms with Gasteiger partial charge in [0.05, 0.1) is 17.1 Å². The van der Waals surface area contributed by atoms with Gasteiger partial charge in [0.1, 0.15) is 0 Å². The zero-order valence-electron chi connectivity index (χ0n) is 10.8. The molecule has 0 radical (unpaired) electrons. The van der Waals surface area contributed by atoms with Gasteiger partial charge in [0.2, 0.25) is 0 Å². The summed E-state index contributed by atoms with van der Waals surface area (Å²) in [6.45, 7) is 0.763. The van der Waals surface area contributed by atoms with Crippen molar-refractivity contribution >= 4 is 9.84 Å². The zero-order chi connectivity index (χ0) is 14.8. The molecule has 0 aromatic heterocycles. The second-order valence-electron chi connectivity index (χ2n) is 5.00. The van der Waals surface area contributed by atoms with E-state index in [0.29, 0.717) is 0 Å². The van der Waals surface area contributed by atoms with E-state index in [1.165, 1.54) is 18.2 Å². The monoisotopic (exact) mass is 307 g/mol. The van der Waals surface area contributed by atoms with Crippen molar-refractivity contribution in [1.82, 2.24) is 5.32 Å². The summed E-state index contributed by atoms with van der Waals surface area (Å²) < 4.78 is 62.5. The third-order valence-electron chi connectivity index (χ3n) is 3.32. The topological polar surface area (TPSA) is 46.2 Å². The van der Waals surface area contributed by atoms with Crippen LogP contribution in [0.5, 0.6) is 0 Å². The predicted molar refractivity (Wildman–Crippen MR) is 70.0 cm³/mol. The molecular formula is C13H16F3NO2S. The summed E-state index contributed by atoms with van der Waals surface area (Å²) in [7, 11) is -3.56. The molecule has 0 saturated carbocycles. The summed E-state index contributed by atoms with van der Waals surface area (Å²) in [5.74, 6) is -0.681. The first kappa shape index (κ1) is 15.3. The third-order valence-corrected chi connectivity index (χ3v) is 4.98. The van der Waals surface area contributed by atoms with E-state index >= 15 is 0 Å². The predicted octanol–water partition coefficient (Wildman–Crippen LogP) is 2.37. The molecule has 1 heterocycles. The van der Waals surface area contributed by atoms with Crippen molar-refractivity contribution in [2.45, 2.75) is 30.8 Å². The Labute approximate surface area is 116 Å². The lowest BCUT2D eigenvalue weighted by Crippen LogP contribution is -2.30. The van der Waals surface area contributed by atoms with Gasteiger partial charge < -0.3 is 5.32 Å². The van der Waals surface area contributed by atoms with Gasteiger partial charge in [-0.15, -0.1) is 0 Å². The molecule has 1 aliphatic heterocycles. The lowest BCUT2D eigenvalue weighted by atomic mass is 10.1. The average Bonchev–Trinajstić information content (AvgIpc) is 2.79. The molecule has 1 aromatic rings. The van der Waals surface area contributed by atoms with Crippen LogP contribution in [0.3, 0.4) is 0 Å². The van der Waals surface area contributed by atoms with Crippen LogP contribution in [-0.2, 0) is 21.8 Å². The molecule has 1 fully saturated rings. The van der Waals surface area contributed by atoms with Crippen molar-refractivity contribution in [3.8, 4) is 0 Å². The van der Waals surface area contributed by atoms with Crippen LogP contribution >= 0.6 is 0 Å². The van der Waals surface area contributed by atoms with Crippen molar-refractivity contribution in [1.29, 1.82) is 0 Å². The molecule has 1 unspecified atom stereocenters. The van der Waals surface area contributed by atoms with E-state index in [9.17, 15) is 21.6 Å². The fourth-order valence-corrected chi connectivity index (χ4v) is 4.17. The van der Waals surface area contributed by atoms with Crippen LogP contribution in [0.1, 0.15) is 24.0 Å². The van der Waals surface area contributed by atoms with Crippen LogP contribution in [0.2, 0.25) is 0 Å². The summed E-state index contributed by atoms with van der Waals surface area (Å²) in [4.78, 5) is 0. The first-order valence-corrected chi connectivity index (χ1v) is 8.19. The summed E-state index contributed by atoms with van der Waals surface area (Å²) in [6.07, 6.45) is -2.88. The number of hydrogen-bond donors (Lipinski definition) is 1. The van der Waals surface area contributed by atoms with E-state index in [1.807, 2.05) is 0 Å². The maximum atomic E-state index is 12.8. The number of benzene rings is 1. The molecule has 112 valence electrons. The van der Waals surface area contributed by atoms with Crippen LogP contribution in [0.4, 0.5) is 13.2 Å². The lowest BCUT2D eigenvalue weighted by Gasteiger charge is -2.14. The number of hydrogen-bond acceptors (Lipinski definition) is 3. The molecule has 1 atom stereocenters. The van der Waals surface area contributed by atoms with Crippen molar-refractivity contribution in [3.63, 3.8) is 0 Å². The second kappa shape index (κ2) is 5.73. The van der Waals surface area contributed by atoms with Gasteiger partial charge in [-0.05, 0) is 31.0 Å². The van der Waals surface area contributed by atoms with E-state index in [1.54, 1.807) is 0 Å². The molecular weight excluding hydrogens is 291 g/mol. The van der Waals surface area contributed by atoms with Crippen LogP contribution in [-0.4, -0.2) is 26.8 Å². The van der Waals surface area contributed by atoms with Gasteiger partial charge in [-0.25, -0.2) is 8.42 Å². The number of rotatable bonds is 4. The van der Waals surface area contributed by atoms with E-state index in [2.05, 4.69) is 5.32 Å². The van der Waals surface area contributed by atoms with Gasteiger partial charge in [-0.3, -0.25) is 0 Å². The highest BCUT2D eigenvalue weighted by molar-refractivity contribution is 7.90. The standard InChI is InChI=1S/C13H16F3NO2S/c14-13(15,16)12-6-2-1-4-10(12)8-20(18,19)9-11-5-3-7-17-11/h1-2,4,6,11,17H,3,5,7-9H2. The van der Waals surface area contributed by atoms with E-state index in [-0.39, 0.29) is 17.4 Å². The Bertz CT molecular complexity index is 563. The van der Waals surface area contributed by atoms with E-state index in [0.717, 1.165) is 25.5 Å². The molecule has 0 bridgehead atoms. The Hall–Kier alpha value is -1.08. The van der Waals surface area contributed by atoms with Gasteiger partial charge in [-0.1, -0.05) is 18.2 Å². The molecule has 0 amide bonds. The molecule has 2 rings (SSSR count). The molecule has 1 saturated heterocycles. The Morgan fingerprint density at radius 2 is 1.95 bits per heavy atom. The van der Waals surface area contributed by atoms with Crippen LogP contribution in [0.25, 0.3) is 0 Å². The van der Waals surface area contributed by atoms with Gasteiger partial charge >= 0.3 is 6.18 Å². The third kappa shape index (κ3) is 3.96. The smallest absolute Gasteiger partial charge is 0.313 e. The molecule has 0 spiro atoms. The number of alkyl halides is 3. The summed E-state index contributed by atoms with van der Waals surface area (Å²) >= 11 is 0. The first-order valence-electron chi connectivity index (χ1n) is 6.37. The number of sulfone groups is 1. The quantitative estimate of drug-likeness (QED) is 0.929. The molecule has 1 aliphatic rings. The first-order chi connectivity index (χ1) is 9.28. The number of halogens is 3. The SMILES string of the molecule is O=S(=O)(Cc1ccccc1C(F)(F)F)CC1CCCN1. The van der Waals surface area contributed by atoms with Crippen LogP contribution in [0, 0.1) is 0 Å². The number of nitrogens with one attached hydrogen (secondary N) is 1. The van der Waals surface area contributed by atoms with Crippen LogP contribution in [0.15, 0.2) is 24.3 Å². The highest BCUT2D eigenvalue weighted by atomic mass is 32.2. The average molecular weight is 307 g/mol. The van der Waals surface area contributed by atoms with Gasteiger partial charge in [-0.2, -0.15) is 13.2 Å². The van der Waals surface area contributed by atoms with Crippen molar-refractivity contribution in [3.05, 3.63) is 35.4 Å². The molecule has 7 heteroatoms. The Morgan fingerprint density at radius 3 is 2.55 bits per heavy atom. The molecule has 3 nitrogen and oxygen atoms in total. The van der Waals surface area contributed by atoms with Crippen LogP contribution < -0.4 is 5.32 Å².